The number of hydrogen-bond acceptors (Lipinski definition) is 5. The van der Waals surface area contributed by atoms with Crippen LogP contribution < -0.4 is 16.2 Å². The van der Waals surface area contributed by atoms with Gasteiger partial charge >= 0.3 is 0 Å². The Morgan fingerprint density at radius 3 is 2.39 bits per heavy atom. The summed E-state index contributed by atoms with van der Waals surface area (Å²) >= 11 is 0. The molecule has 0 spiro atoms. The summed E-state index contributed by atoms with van der Waals surface area (Å²) in [6.07, 6.45) is 3.52. The van der Waals surface area contributed by atoms with Crippen LogP contribution in [0.4, 0.5) is 11.4 Å². The first-order valence-corrected chi connectivity index (χ1v) is 9.82. The molecule has 2 heterocycles. The van der Waals surface area contributed by atoms with Crippen LogP contribution in [0.3, 0.4) is 0 Å². The first-order valence-electron chi connectivity index (χ1n) is 9.82. The first-order chi connectivity index (χ1) is 13.7. The lowest BCUT2D eigenvalue weighted by Crippen LogP contribution is -2.33. The molecular formula is C22H25N3O3. The molecule has 0 unspecified atom stereocenters. The third kappa shape index (κ3) is 2.99. The van der Waals surface area contributed by atoms with E-state index in [2.05, 4.69) is 10.6 Å². The number of nitrogens with two attached hydrogens (primary N) is 2. The zero-order valence-corrected chi connectivity index (χ0v) is 15.8. The predicted molar refractivity (Wildman–Crippen MR) is 110 cm³/mol. The average Bonchev–Trinajstić information content (AvgIpc) is 2.94. The first kappa shape index (κ1) is 17.4. The molecule has 3 aromatic rings. The molecule has 6 heteroatoms. The van der Waals surface area contributed by atoms with Crippen molar-refractivity contribution in [2.45, 2.75) is 31.4 Å². The molecule has 1 saturated heterocycles. The molecule has 146 valence electrons. The third-order valence-electron chi connectivity index (χ3n) is 5.71. The second-order valence-corrected chi connectivity index (χ2v) is 7.62. The summed E-state index contributed by atoms with van der Waals surface area (Å²) in [5.74, 6) is 0.785. The largest absolute Gasteiger partial charge is 0.486 e. The van der Waals surface area contributed by atoms with Gasteiger partial charge in [0, 0.05) is 22.7 Å². The summed E-state index contributed by atoms with van der Waals surface area (Å²) < 4.78 is 19.1. The van der Waals surface area contributed by atoms with E-state index in [0.717, 1.165) is 39.3 Å². The molecule has 0 radical (unpaired) electrons. The fraction of sp³-hybridized carbons (Fsp3) is 0.364. The topological polar surface area (TPSA) is 84.7 Å². The minimum atomic E-state index is -0.0993. The molecule has 1 aliphatic heterocycles. The van der Waals surface area contributed by atoms with Gasteiger partial charge in [0.2, 0.25) is 0 Å². The Morgan fingerprint density at radius 1 is 0.964 bits per heavy atom. The van der Waals surface area contributed by atoms with E-state index in [9.17, 15) is 0 Å². The van der Waals surface area contributed by atoms with Gasteiger partial charge in [0.15, 0.2) is 0 Å². The molecule has 4 N–H and O–H groups in total. The van der Waals surface area contributed by atoms with Crippen molar-refractivity contribution in [2.75, 3.05) is 31.5 Å². The standard InChI is InChI=1S/C22H25N3O3/c23-15-6-4-14(5-7-15)22-21(24)19-10-17(28-18-11-26-13-27-12-18)8-9-20(19)25(22)16-2-1-3-16/h4-10,16,18H,1-3,11-13,23-24H2. The fourth-order valence-electron chi connectivity index (χ4n) is 4.08. The van der Waals surface area contributed by atoms with Crippen molar-refractivity contribution in [3.8, 4) is 17.0 Å². The molecule has 0 atom stereocenters. The number of nitrogens with zero attached hydrogens (tertiary/aromatic N) is 1. The van der Waals surface area contributed by atoms with Gasteiger partial charge in [-0.05, 0) is 49.6 Å². The molecule has 28 heavy (non-hydrogen) atoms. The normalized spacial score (nSPS) is 18.3. The van der Waals surface area contributed by atoms with E-state index in [4.69, 9.17) is 25.7 Å². The predicted octanol–water partition coefficient (Wildman–Crippen LogP) is 3.95. The van der Waals surface area contributed by atoms with Crippen LogP contribution in [0.5, 0.6) is 5.75 Å². The van der Waals surface area contributed by atoms with Gasteiger partial charge in [-0.1, -0.05) is 12.1 Å². The monoisotopic (exact) mass is 379 g/mol. The van der Waals surface area contributed by atoms with Crippen molar-refractivity contribution in [1.29, 1.82) is 0 Å². The highest BCUT2D eigenvalue weighted by Gasteiger charge is 2.27. The van der Waals surface area contributed by atoms with Gasteiger partial charge in [0.25, 0.3) is 0 Å². The van der Waals surface area contributed by atoms with E-state index in [1.165, 1.54) is 19.3 Å². The Labute approximate surface area is 164 Å². The quantitative estimate of drug-likeness (QED) is 0.671. The smallest absolute Gasteiger partial charge is 0.147 e. The van der Waals surface area contributed by atoms with Gasteiger partial charge in [-0.15, -0.1) is 0 Å². The zero-order chi connectivity index (χ0) is 19.1. The molecule has 6 nitrogen and oxygen atoms in total. The molecule has 1 saturated carbocycles. The average molecular weight is 379 g/mol. The summed E-state index contributed by atoms with van der Waals surface area (Å²) in [5, 5.41) is 1.02. The summed E-state index contributed by atoms with van der Waals surface area (Å²) in [6, 6.07) is 14.6. The molecule has 2 aliphatic rings. The van der Waals surface area contributed by atoms with Crippen LogP contribution in [0.1, 0.15) is 25.3 Å². The van der Waals surface area contributed by atoms with Gasteiger partial charge in [-0.3, -0.25) is 0 Å². The lowest BCUT2D eigenvalue weighted by Gasteiger charge is -2.30. The molecule has 0 bridgehead atoms. The zero-order valence-electron chi connectivity index (χ0n) is 15.8. The highest BCUT2D eigenvalue weighted by Crippen LogP contribution is 2.44. The fourth-order valence-corrected chi connectivity index (χ4v) is 4.08. The van der Waals surface area contributed by atoms with Gasteiger partial charge in [0.1, 0.15) is 18.6 Å². The van der Waals surface area contributed by atoms with Crippen molar-refractivity contribution in [3.63, 3.8) is 0 Å². The van der Waals surface area contributed by atoms with Crippen molar-refractivity contribution in [1.82, 2.24) is 4.57 Å². The van der Waals surface area contributed by atoms with Crippen LogP contribution in [-0.4, -0.2) is 30.7 Å². The Hall–Kier alpha value is -2.70. The van der Waals surface area contributed by atoms with Gasteiger partial charge in [-0.2, -0.15) is 0 Å². The summed E-state index contributed by atoms with van der Waals surface area (Å²) in [6.45, 7) is 1.40. The maximum Gasteiger partial charge on any atom is 0.147 e. The SMILES string of the molecule is Nc1ccc(-c2c(N)c3cc(OC4COCOC4)ccc3n2C2CCC2)cc1. The van der Waals surface area contributed by atoms with Crippen LogP contribution in [0, 0.1) is 0 Å². The minimum Gasteiger partial charge on any atom is -0.486 e. The van der Waals surface area contributed by atoms with Crippen molar-refractivity contribution >= 4 is 22.3 Å². The van der Waals surface area contributed by atoms with Crippen LogP contribution in [0.25, 0.3) is 22.2 Å². The number of benzene rings is 2. The number of rotatable bonds is 4. The number of anilines is 2. The van der Waals surface area contributed by atoms with Crippen LogP contribution in [-0.2, 0) is 9.47 Å². The van der Waals surface area contributed by atoms with Crippen LogP contribution >= 0.6 is 0 Å². The molecular weight excluding hydrogens is 354 g/mol. The van der Waals surface area contributed by atoms with E-state index in [1.807, 2.05) is 36.4 Å². The number of nitrogen functional groups attached to an aromatic ring is 2. The number of aromatic nitrogens is 1. The van der Waals surface area contributed by atoms with E-state index in [1.54, 1.807) is 0 Å². The van der Waals surface area contributed by atoms with Gasteiger partial charge in [-0.25, -0.2) is 0 Å². The second kappa shape index (κ2) is 7.04. The highest BCUT2D eigenvalue weighted by molar-refractivity contribution is 6.01. The maximum atomic E-state index is 6.67. The lowest BCUT2D eigenvalue weighted by molar-refractivity contribution is -0.143. The van der Waals surface area contributed by atoms with E-state index >= 15 is 0 Å². The molecule has 1 aromatic heterocycles. The van der Waals surface area contributed by atoms with E-state index < -0.39 is 0 Å². The highest BCUT2D eigenvalue weighted by atomic mass is 16.7. The Balaban J connectivity index is 1.59. The molecule has 0 amide bonds. The van der Waals surface area contributed by atoms with Crippen molar-refractivity contribution in [3.05, 3.63) is 42.5 Å². The van der Waals surface area contributed by atoms with E-state index in [0.29, 0.717) is 26.0 Å². The Kier molecular flexibility index (Phi) is 4.37. The Bertz CT molecular complexity index is 986. The summed E-state index contributed by atoms with van der Waals surface area (Å²) in [4.78, 5) is 0. The van der Waals surface area contributed by atoms with Crippen molar-refractivity contribution in [2.24, 2.45) is 0 Å². The van der Waals surface area contributed by atoms with Crippen LogP contribution in [0.2, 0.25) is 0 Å². The third-order valence-corrected chi connectivity index (χ3v) is 5.71. The molecule has 2 fully saturated rings. The maximum absolute atomic E-state index is 6.67. The number of fused-ring (bicyclic) bond motifs is 1. The molecule has 5 rings (SSSR count). The van der Waals surface area contributed by atoms with Gasteiger partial charge in [0.05, 0.1) is 30.1 Å². The molecule has 2 aromatic carbocycles. The summed E-state index contributed by atoms with van der Waals surface area (Å²) in [5.41, 5.74) is 17.4. The minimum absolute atomic E-state index is 0.0993. The Morgan fingerprint density at radius 2 is 1.71 bits per heavy atom. The lowest BCUT2D eigenvalue weighted by atomic mass is 9.92. The van der Waals surface area contributed by atoms with E-state index in [-0.39, 0.29) is 6.10 Å². The summed E-state index contributed by atoms with van der Waals surface area (Å²) in [7, 11) is 0. The number of ether oxygens (including phenoxy) is 3. The molecule has 1 aliphatic carbocycles. The van der Waals surface area contributed by atoms with Gasteiger partial charge < -0.3 is 30.2 Å². The number of hydrogen-bond donors (Lipinski definition) is 2. The van der Waals surface area contributed by atoms with Crippen LogP contribution in [0.15, 0.2) is 42.5 Å². The van der Waals surface area contributed by atoms with Crippen molar-refractivity contribution < 1.29 is 14.2 Å². The second-order valence-electron chi connectivity index (χ2n) is 7.62.